The minimum absolute atomic E-state index is 0.0101. The van der Waals surface area contributed by atoms with Crippen molar-refractivity contribution in [1.82, 2.24) is 4.90 Å². The smallest absolute Gasteiger partial charge is 0.308 e. The highest BCUT2D eigenvalue weighted by atomic mass is 16.5. The minimum Gasteiger partial charge on any atom is -0.469 e. The molecule has 1 N–H and O–H groups in total. The maximum Gasteiger partial charge on any atom is 0.308 e. The van der Waals surface area contributed by atoms with Crippen LogP contribution in [0, 0.1) is 11.8 Å². The first-order valence-corrected chi connectivity index (χ1v) is 6.74. The summed E-state index contributed by atoms with van der Waals surface area (Å²) in [6.07, 6.45) is 4.88. The quantitative estimate of drug-likeness (QED) is 0.687. The number of hydrogen-bond donors (Lipinski definition) is 1. The molecule has 4 nitrogen and oxygen atoms in total. The Bertz CT molecular complexity index is 320. The predicted molar refractivity (Wildman–Crippen MR) is 62.4 cm³/mol. The van der Waals surface area contributed by atoms with Crippen LogP contribution >= 0.6 is 0 Å². The van der Waals surface area contributed by atoms with Gasteiger partial charge in [0.1, 0.15) is 0 Å². The summed E-state index contributed by atoms with van der Waals surface area (Å²) < 4.78 is 4.83. The van der Waals surface area contributed by atoms with Crippen LogP contribution in [0.5, 0.6) is 0 Å². The normalized spacial score (nSPS) is 45.4. The van der Waals surface area contributed by atoms with Crippen LogP contribution in [0.15, 0.2) is 0 Å². The first-order chi connectivity index (χ1) is 8.22. The van der Waals surface area contributed by atoms with Gasteiger partial charge in [0, 0.05) is 18.0 Å². The molecule has 0 radical (unpaired) electrons. The van der Waals surface area contributed by atoms with Crippen LogP contribution in [-0.2, 0) is 9.53 Å². The standard InChI is InChI=1S/C13H21NO3/c1-17-13(16)8-4-5-10-9(7-8)12(15)11-3-2-6-14(10)11/h8-12,15H,2-7H2,1H3/t8-,9-,10-,11-,12+/m1/s1. The van der Waals surface area contributed by atoms with E-state index < -0.39 is 0 Å². The van der Waals surface area contributed by atoms with Gasteiger partial charge in [0.05, 0.1) is 19.1 Å². The van der Waals surface area contributed by atoms with E-state index in [9.17, 15) is 9.90 Å². The van der Waals surface area contributed by atoms with Crippen LogP contribution in [0.25, 0.3) is 0 Å². The Morgan fingerprint density at radius 1 is 1.29 bits per heavy atom. The molecular weight excluding hydrogens is 218 g/mol. The van der Waals surface area contributed by atoms with Crippen molar-refractivity contribution in [1.29, 1.82) is 0 Å². The summed E-state index contributed by atoms with van der Waals surface area (Å²) in [7, 11) is 1.46. The lowest BCUT2D eigenvalue weighted by Gasteiger charge is -2.34. The SMILES string of the molecule is COC(=O)[C@@H]1CC[C@@H]2[C@@H](C1)[C@H](O)[C@H]1CCCN12. The summed E-state index contributed by atoms with van der Waals surface area (Å²) in [5, 5.41) is 10.4. The minimum atomic E-state index is -0.227. The molecule has 96 valence electrons. The molecule has 0 aromatic carbocycles. The second-order valence-corrected chi connectivity index (χ2v) is 5.70. The van der Waals surface area contributed by atoms with Gasteiger partial charge in [0.25, 0.3) is 0 Å². The molecule has 3 fully saturated rings. The molecular formula is C13H21NO3. The number of carbonyl (C=O) groups excluding carboxylic acids is 1. The van der Waals surface area contributed by atoms with Gasteiger partial charge in [-0.2, -0.15) is 0 Å². The highest BCUT2D eigenvalue weighted by molar-refractivity contribution is 5.72. The molecule has 1 saturated carbocycles. The van der Waals surface area contributed by atoms with Crippen molar-refractivity contribution >= 4 is 5.97 Å². The number of nitrogens with zero attached hydrogens (tertiary/aromatic N) is 1. The summed E-state index contributed by atoms with van der Waals surface area (Å²) in [5.41, 5.74) is 0. The van der Waals surface area contributed by atoms with Crippen molar-refractivity contribution < 1.29 is 14.6 Å². The number of rotatable bonds is 1. The monoisotopic (exact) mass is 239 g/mol. The molecule has 0 aromatic heterocycles. The second-order valence-electron chi connectivity index (χ2n) is 5.70. The van der Waals surface area contributed by atoms with Crippen LogP contribution in [0.3, 0.4) is 0 Å². The van der Waals surface area contributed by atoms with Crippen molar-refractivity contribution in [2.24, 2.45) is 11.8 Å². The highest BCUT2D eigenvalue weighted by Gasteiger charge is 2.52. The van der Waals surface area contributed by atoms with Crippen LogP contribution in [0.4, 0.5) is 0 Å². The molecule has 0 bridgehead atoms. The number of hydrogen-bond acceptors (Lipinski definition) is 4. The van der Waals surface area contributed by atoms with E-state index in [1.807, 2.05) is 0 Å². The fraction of sp³-hybridized carbons (Fsp3) is 0.923. The summed E-state index contributed by atoms with van der Waals surface area (Å²) >= 11 is 0. The fourth-order valence-electron chi connectivity index (χ4n) is 4.23. The lowest BCUT2D eigenvalue weighted by atomic mass is 9.76. The third-order valence-electron chi connectivity index (χ3n) is 5.00. The van der Waals surface area contributed by atoms with Gasteiger partial charge in [0.15, 0.2) is 0 Å². The van der Waals surface area contributed by atoms with Gasteiger partial charge < -0.3 is 9.84 Å². The Labute approximate surface area is 102 Å². The Hall–Kier alpha value is -0.610. The first kappa shape index (κ1) is 11.5. The molecule has 4 heteroatoms. The average molecular weight is 239 g/mol. The Balaban J connectivity index is 1.73. The average Bonchev–Trinajstić information content (AvgIpc) is 2.92. The van der Waals surface area contributed by atoms with Gasteiger partial charge in [-0.3, -0.25) is 9.69 Å². The van der Waals surface area contributed by atoms with E-state index in [2.05, 4.69) is 4.90 Å². The van der Waals surface area contributed by atoms with E-state index in [1.54, 1.807) is 0 Å². The van der Waals surface area contributed by atoms with Gasteiger partial charge in [-0.1, -0.05) is 0 Å². The van der Waals surface area contributed by atoms with Gasteiger partial charge in [0.2, 0.25) is 0 Å². The van der Waals surface area contributed by atoms with Crippen molar-refractivity contribution in [3.05, 3.63) is 0 Å². The third kappa shape index (κ3) is 1.69. The van der Waals surface area contributed by atoms with Crippen LogP contribution < -0.4 is 0 Å². The van der Waals surface area contributed by atoms with Crippen LogP contribution in [0.2, 0.25) is 0 Å². The molecule has 2 saturated heterocycles. The van der Waals surface area contributed by atoms with E-state index in [4.69, 9.17) is 4.74 Å². The van der Waals surface area contributed by atoms with Crippen LogP contribution in [0.1, 0.15) is 32.1 Å². The van der Waals surface area contributed by atoms with Gasteiger partial charge >= 0.3 is 5.97 Å². The van der Waals surface area contributed by atoms with Crippen molar-refractivity contribution in [2.75, 3.05) is 13.7 Å². The number of carbonyl (C=O) groups is 1. The molecule has 0 amide bonds. The lowest BCUT2D eigenvalue weighted by molar-refractivity contribution is -0.147. The maximum absolute atomic E-state index is 11.6. The summed E-state index contributed by atoms with van der Waals surface area (Å²) in [5.74, 6) is 0.205. The van der Waals surface area contributed by atoms with E-state index in [0.717, 1.165) is 32.2 Å². The van der Waals surface area contributed by atoms with Gasteiger partial charge in [-0.15, -0.1) is 0 Å². The molecule has 0 spiro atoms. The zero-order chi connectivity index (χ0) is 12.0. The van der Waals surface area contributed by atoms with Crippen molar-refractivity contribution in [3.8, 4) is 0 Å². The largest absolute Gasteiger partial charge is 0.469 e. The Kier molecular flexibility index (Phi) is 2.87. The van der Waals surface area contributed by atoms with E-state index in [-0.39, 0.29) is 23.9 Å². The second kappa shape index (κ2) is 4.25. The molecule has 5 atom stereocenters. The fourth-order valence-corrected chi connectivity index (χ4v) is 4.23. The van der Waals surface area contributed by atoms with Crippen molar-refractivity contribution in [3.63, 3.8) is 0 Å². The summed E-state index contributed by atoms with van der Waals surface area (Å²) in [6, 6.07) is 0.875. The lowest BCUT2D eigenvalue weighted by Crippen LogP contribution is -2.39. The molecule has 1 aliphatic carbocycles. The molecule has 0 unspecified atom stereocenters. The molecule has 17 heavy (non-hydrogen) atoms. The summed E-state index contributed by atoms with van der Waals surface area (Å²) in [4.78, 5) is 14.1. The highest BCUT2D eigenvalue weighted by Crippen LogP contribution is 2.45. The number of fused-ring (bicyclic) bond motifs is 3. The zero-order valence-electron chi connectivity index (χ0n) is 10.3. The number of aliphatic hydroxyl groups excluding tert-OH is 1. The summed E-state index contributed by atoms with van der Waals surface area (Å²) in [6.45, 7) is 1.13. The zero-order valence-corrected chi connectivity index (χ0v) is 10.3. The molecule has 3 rings (SSSR count). The number of aliphatic hydroxyl groups is 1. The van der Waals surface area contributed by atoms with Gasteiger partial charge in [-0.25, -0.2) is 0 Å². The van der Waals surface area contributed by atoms with E-state index in [0.29, 0.717) is 12.1 Å². The van der Waals surface area contributed by atoms with Crippen molar-refractivity contribution in [2.45, 2.75) is 50.3 Å². The topological polar surface area (TPSA) is 49.8 Å². The van der Waals surface area contributed by atoms with Gasteiger partial charge in [-0.05, 0) is 38.6 Å². The number of ether oxygens (including phenoxy) is 1. The van der Waals surface area contributed by atoms with E-state index in [1.165, 1.54) is 13.5 Å². The third-order valence-corrected chi connectivity index (χ3v) is 5.00. The molecule has 2 aliphatic heterocycles. The number of methoxy groups -OCH3 is 1. The molecule has 0 aromatic rings. The maximum atomic E-state index is 11.6. The predicted octanol–water partition coefficient (Wildman–Crippen LogP) is 0.783. The first-order valence-electron chi connectivity index (χ1n) is 6.74. The number of esters is 1. The Morgan fingerprint density at radius 2 is 2.12 bits per heavy atom. The van der Waals surface area contributed by atoms with E-state index >= 15 is 0 Å². The Morgan fingerprint density at radius 3 is 2.88 bits per heavy atom. The van der Waals surface area contributed by atoms with Crippen LogP contribution in [-0.4, -0.2) is 47.8 Å². The molecule has 2 heterocycles. The molecule has 3 aliphatic rings.